The van der Waals surface area contributed by atoms with Crippen LogP contribution in [0.5, 0.6) is 5.75 Å². The molecule has 7 heteroatoms. The molecule has 1 fully saturated rings. The topological polar surface area (TPSA) is 58.6 Å². The standard InChI is InChI=1S/C16H25BrN2O3S/c1-13-6-10-19(11-7-13)9-3-8-18-23(20,21)16-12-14(17)4-5-15(16)22-2/h4-5,12-13,18H,3,6-11H2,1-2H3. The first kappa shape index (κ1) is 18.7. The van der Waals surface area contributed by atoms with Crippen LogP contribution >= 0.6 is 15.9 Å². The molecule has 130 valence electrons. The number of piperidine rings is 1. The van der Waals surface area contributed by atoms with Crippen molar-refractivity contribution in [2.75, 3.05) is 33.3 Å². The quantitative estimate of drug-likeness (QED) is 0.709. The minimum atomic E-state index is -3.56. The molecular weight excluding hydrogens is 380 g/mol. The van der Waals surface area contributed by atoms with E-state index in [2.05, 4.69) is 32.5 Å². The van der Waals surface area contributed by atoms with Gasteiger partial charge in [-0.25, -0.2) is 13.1 Å². The lowest BCUT2D eigenvalue weighted by molar-refractivity contribution is 0.191. The first-order valence-corrected chi connectivity index (χ1v) is 10.3. The molecule has 1 aromatic rings. The number of likely N-dealkylation sites (tertiary alicyclic amines) is 1. The van der Waals surface area contributed by atoms with Crippen molar-refractivity contribution in [3.63, 3.8) is 0 Å². The van der Waals surface area contributed by atoms with E-state index in [9.17, 15) is 8.42 Å². The second-order valence-electron chi connectivity index (χ2n) is 6.07. The maximum Gasteiger partial charge on any atom is 0.244 e. The number of halogens is 1. The minimum Gasteiger partial charge on any atom is -0.495 e. The predicted molar refractivity (Wildman–Crippen MR) is 95.3 cm³/mol. The Labute approximate surface area is 147 Å². The third kappa shape index (κ3) is 5.45. The number of hydrogen-bond acceptors (Lipinski definition) is 4. The van der Waals surface area contributed by atoms with Gasteiger partial charge in [0.25, 0.3) is 0 Å². The normalized spacial score (nSPS) is 17.3. The van der Waals surface area contributed by atoms with Gasteiger partial charge in [-0.3, -0.25) is 0 Å². The molecule has 2 rings (SSSR count). The summed E-state index contributed by atoms with van der Waals surface area (Å²) in [4.78, 5) is 2.58. The number of ether oxygens (including phenoxy) is 1. The zero-order chi connectivity index (χ0) is 16.9. The lowest BCUT2D eigenvalue weighted by Gasteiger charge is -2.30. The van der Waals surface area contributed by atoms with Gasteiger partial charge in [0.2, 0.25) is 10.0 Å². The largest absolute Gasteiger partial charge is 0.495 e. The van der Waals surface area contributed by atoms with Gasteiger partial charge in [-0.05, 0) is 63.0 Å². The lowest BCUT2D eigenvalue weighted by atomic mass is 9.99. The highest BCUT2D eigenvalue weighted by molar-refractivity contribution is 9.10. The molecule has 0 radical (unpaired) electrons. The van der Waals surface area contributed by atoms with Gasteiger partial charge in [0.1, 0.15) is 10.6 Å². The van der Waals surface area contributed by atoms with Crippen molar-refractivity contribution in [2.45, 2.75) is 31.1 Å². The van der Waals surface area contributed by atoms with Crippen molar-refractivity contribution >= 4 is 26.0 Å². The van der Waals surface area contributed by atoms with Gasteiger partial charge in [0, 0.05) is 11.0 Å². The van der Waals surface area contributed by atoms with E-state index in [0.717, 1.165) is 32.0 Å². The molecule has 0 atom stereocenters. The Hall–Kier alpha value is -0.630. The average molecular weight is 405 g/mol. The highest BCUT2D eigenvalue weighted by atomic mass is 79.9. The SMILES string of the molecule is COc1ccc(Br)cc1S(=O)(=O)NCCCN1CCC(C)CC1. The molecule has 1 saturated heterocycles. The zero-order valence-electron chi connectivity index (χ0n) is 13.7. The summed E-state index contributed by atoms with van der Waals surface area (Å²) < 4.78 is 33.4. The van der Waals surface area contributed by atoms with Crippen LogP contribution < -0.4 is 9.46 Å². The fraction of sp³-hybridized carbons (Fsp3) is 0.625. The van der Waals surface area contributed by atoms with Crippen LogP contribution in [0.2, 0.25) is 0 Å². The van der Waals surface area contributed by atoms with E-state index in [1.54, 1.807) is 18.2 Å². The number of hydrogen-bond donors (Lipinski definition) is 1. The van der Waals surface area contributed by atoms with Crippen molar-refractivity contribution in [3.8, 4) is 5.75 Å². The first-order chi connectivity index (χ1) is 10.9. The summed E-state index contributed by atoms with van der Waals surface area (Å²) in [6, 6.07) is 4.97. The van der Waals surface area contributed by atoms with E-state index < -0.39 is 10.0 Å². The molecule has 1 heterocycles. The molecule has 1 aliphatic heterocycles. The number of methoxy groups -OCH3 is 1. The Morgan fingerprint density at radius 1 is 1.35 bits per heavy atom. The Kier molecular flexibility index (Phi) is 6.88. The maximum absolute atomic E-state index is 12.4. The zero-order valence-corrected chi connectivity index (χ0v) is 16.1. The van der Waals surface area contributed by atoms with Gasteiger partial charge >= 0.3 is 0 Å². The van der Waals surface area contributed by atoms with Crippen LogP contribution in [0, 0.1) is 5.92 Å². The van der Waals surface area contributed by atoms with Crippen LogP contribution in [0.4, 0.5) is 0 Å². The monoisotopic (exact) mass is 404 g/mol. The van der Waals surface area contributed by atoms with E-state index in [1.807, 2.05) is 0 Å². The lowest BCUT2D eigenvalue weighted by Crippen LogP contribution is -2.35. The molecule has 0 bridgehead atoms. The number of nitrogens with zero attached hydrogens (tertiary/aromatic N) is 1. The highest BCUT2D eigenvalue weighted by Crippen LogP contribution is 2.27. The third-order valence-electron chi connectivity index (χ3n) is 4.23. The third-order valence-corrected chi connectivity index (χ3v) is 6.21. The number of benzene rings is 1. The molecule has 1 aliphatic rings. The van der Waals surface area contributed by atoms with Crippen LogP contribution in [0.3, 0.4) is 0 Å². The molecule has 1 aromatic carbocycles. The van der Waals surface area contributed by atoms with Gasteiger partial charge in [0.15, 0.2) is 0 Å². The summed E-state index contributed by atoms with van der Waals surface area (Å²) in [5.41, 5.74) is 0. The summed E-state index contributed by atoms with van der Waals surface area (Å²) in [5.74, 6) is 1.17. The second kappa shape index (κ2) is 8.46. The van der Waals surface area contributed by atoms with E-state index in [1.165, 1.54) is 20.0 Å². The smallest absolute Gasteiger partial charge is 0.244 e. The Morgan fingerprint density at radius 3 is 2.70 bits per heavy atom. The maximum atomic E-state index is 12.4. The molecule has 0 aromatic heterocycles. The van der Waals surface area contributed by atoms with Crippen molar-refractivity contribution < 1.29 is 13.2 Å². The number of sulfonamides is 1. The Morgan fingerprint density at radius 2 is 2.04 bits per heavy atom. The fourth-order valence-electron chi connectivity index (χ4n) is 2.73. The van der Waals surface area contributed by atoms with Crippen LogP contribution in [0.25, 0.3) is 0 Å². The minimum absolute atomic E-state index is 0.168. The molecule has 5 nitrogen and oxygen atoms in total. The summed E-state index contributed by atoms with van der Waals surface area (Å²) in [7, 11) is -2.09. The van der Waals surface area contributed by atoms with Gasteiger partial charge in [-0.15, -0.1) is 0 Å². The van der Waals surface area contributed by atoms with Crippen molar-refractivity contribution in [3.05, 3.63) is 22.7 Å². The van der Waals surface area contributed by atoms with Crippen LogP contribution in [0.15, 0.2) is 27.6 Å². The Balaban J connectivity index is 1.86. The summed E-state index contributed by atoms with van der Waals surface area (Å²) >= 11 is 3.30. The number of rotatable bonds is 7. The van der Waals surface area contributed by atoms with Crippen LogP contribution in [-0.4, -0.2) is 46.6 Å². The number of nitrogens with one attached hydrogen (secondary N) is 1. The van der Waals surface area contributed by atoms with Gasteiger partial charge in [-0.1, -0.05) is 22.9 Å². The molecule has 0 saturated carbocycles. The van der Waals surface area contributed by atoms with Gasteiger partial charge in [-0.2, -0.15) is 0 Å². The average Bonchev–Trinajstić information content (AvgIpc) is 2.53. The van der Waals surface area contributed by atoms with E-state index in [4.69, 9.17) is 4.74 Å². The van der Waals surface area contributed by atoms with Crippen LogP contribution in [-0.2, 0) is 10.0 Å². The molecule has 0 aliphatic carbocycles. The molecule has 0 spiro atoms. The summed E-state index contributed by atoms with van der Waals surface area (Å²) in [6.07, 6.45) is 3.28. The fourth-order valence-corrected chi connectivity index (χ4v) is 4.51. The molecule has 0 unspecified atom stereocenters. The molecule has 1 N–H and O–H groups in total. The van der Waals surface area contributed by atoms with Gasteiger partial charge < -0.3 is 9.64 Å². The van der Waals surface area contributed by atoms with Crippen molar-refractivity contribution in [1.29, 1.82) is 0 Å². The summed E-state index contributed by atoms with van der Waals surface area (Å²) in [6.45, 7) is 5.90. The van der Waals surface area contributed by atoms with Crippen LogP contribution in [0.1, 0.15) is 26.2 Å². The molecule has 0 amide bonds. The molecular formula is C16H25BrN2O3S. The highest BCUT2D eigenvalue weighted by Gasteiger charge is 2.20. The van der Waals surface area contributed by atoms with Crippen molar-refractivity contribution in [2.24, 2.45) is 5.92 Å². The van der Waals surface area contributed by atoms with E-state index in [0.29, 0.717) is 16.8 Å². The summed E-state index contributed by atoms with van der Waals surface area (Å²) in [5, 5.41) is 0. The van der Waals surface area contributed by atoms with E-state index >= 15 is 0 Å². The Bertz CT molecular complexity index is 614. The van der Waals surface area contributed by atoms with Crippen molar-refractivity contribution in [1.82, 2.24) is 9.62 Å². The second-order valence-corrected chi connectivity index (χ2v) is 8.72. The first-order valence-electron chi connectivity index (χ1n) is 7.98. The predicted octanol–water partition coefficient (Wildman–Crippen LogP) is 2.86. The van der Waals surface area contributed by atoms with E-state index in [-0.39, 0.29) is 4.90 Å². The molecule has 23 heavy (non-hydrogen) atoms. The van der Waals surface area contributed by atoms with Gasteiger partial charge in [0.05, 0.1) is 7.11 Å².